The van der Waals surface area contributed by atoms with Crippen LogP contribution in [0.4, 0.5) is 5.82 Å². The van der Waals surface area contributed by atoms with Crippen molar-refractivity contribution in [2.75, 3.05) is 11.5 Å². The number of aromatic nitrogens is 6. The Kier molecular flexibility index (Phi) is 6.14. The molecule has 4 rings (SSSR count). The first-order valence-electron chi connectivity index (χ1n) is 10.3. The molecule has 3 aromatic heterocycles. The standard InChI is InChI=1S/C22H23N7O3S/c1-13(2)10-28-18(23)17(21(31)27(3)22(28)32)16(30)11-33-20-15-9-26-29(19(15)24-12-25-20)14-7-5-4-6-8-14/h4-9,12-13H,10-11,23H2,1-3H3. The minimum Gasteiger partial charge on any atom is -0.384 e. The van der Waals surface area contributed by atoms with Crippen LogP contribution in [0.1, 0.15) is 24.2 Å². The van der Waals surface area contributed by atoms with Crippen LogP contribution in [0.15, 0.2) is 57.5 Å². The predicted octanol–water partition coefficient (Wildman–Crippen LogP) is 1.89. The molecule has 0 fully saturated rings. The fourth-order valence-electron chi connectivity index (χ4n) is 3.49. The van der Waals surface area contributed by atoms with E-state index in [2.05, 4.69) is 15.1 Å². The van der Waals surface area contributed by atoms with E-state index in [1.54, 1.807) is 10.9 Å². The number of Topliss-reactive ketones (excluding diaryl/α,β-unsaturated/α-hetero) is 1. The third-order valence-corrected chi connectivity index (χ3v) is 6.09. The number of carbonyl (C=O) groups excluding carboxylic acids is 1. The average Bonchev–Trinajstić information content (AvgIpc) is 3.24. The van der Waals surface area contributed by atoms with Crippen LogP contribution in [0.3, 0.4) is 0 Å². The highest BCUT2D eigenvalue weighted by atomic mass is 32.2. The molecule has 11 heteroatoms. The van der Waals surface area contributed by atoms with Crippen molar-refractivity contribution in [3.8, 4) is 5.69 Å². The van der Waals surface area contributed by atoms with Gasteiger partial charge in [-0.2, -0.15) is 5.10 Å². The molecular weight excluding hydrogens is 442 g/mol. The van der Waals surface area contributed by atoms with Crippen molar-refractivity contribution < 1.29 is 4.79 Å². The molecule has 170 valence electrons. The second-order valence-corrected chi connectivity index (χ2v) is 8.90. The summed E-state index contributed by atoms with van der Waals surface area (Å²) in [5, 5.41) is 5.65. The van der Waals surface area contributed by atoms with Crippen molar-refractivity contribution in [1.29, 1.82) is 0 Å². The molecule has 2 N–H and O–H groups in total. The van der Waals surface area contributed by atoms with E-state index in [0.29, 0.717) is 22.6 Å². The van der Waals surface area contributed by atoms with E-state index < -0.39 is 17.0 Å². The maximum atomic E-state index is 13.0. The zero-order chi connectivity index (χ0) is 23.7. The minimum atomic E-state index is -0.701. The highest BCUT2D eigenvalue weighted by molar-refractivity contribution is 8.00. The van der Waals surface area contributed by atoms with Crippen LogP contribution in [-0.4, -0.2) is 40.4 Å². The van der Waals surface area contributed by atoms with Gasteiger partial charge in [0.1, 0.15) is 22.7 Å². The summed E-state index contributed by atoms with van der Waals surface area (Å²) in [6.07, 6.45) is 3.05. The molecule has 3 heterocycles. The van der Waals surface area contributed by atoms with Gasteiger partial charge in [-0.3, -0.25) is 18.7 Å². The molecule has 0 saturated carbocycles. The van der Waals surface area contributed by atoms with Crippen molar-refractivity contribution in [3.05, 3.63) is 69.3 Å². The van der Waals surface area contributed by atoms with E-state index in [1.165, 1.54) is 17.9 Å². The molecular formula is C22H23N7O3S. The largest absolute Gasteiger partial charge is 0.384 e. The van der Waals surface area contributed by atoms with Crippen LogP contribution < -0.4 is 17.0 Å². The summed E-state index contributed by atoms with van der Waals surface area (Å²) in [7, 11) is 1.34. The van der Waals surface area contributed by atoms with Crippen LogP contribution in [0.5, 0.6) is 0 Å². The van der Waals surface area contributed by atoms with Crippen LogP contribution in [0.2, 0.25) is 0 Å². The summed E-state index contributed by atoms with van der Waals surface area (Å²) in [4.78, 5) is 46.8. The molecule has 33 heavy (non-hydrogen) atoms. The number of hydrogen-bond acceptors (Lipinski definition) is 8. The van der Waals surface area contributed by atoms with Gasteiger partial charge in [0.15, 0.2) is 11.4 Å². The highest BCUT2D eigenvalue weighted by Gasteiger charge is 2.22. The highest BCUT2D eigenvalue weighted by Crippen LogP contribution is 2.26. The minimum absolute atomic E-state index is 0.0814. The molecule has 4 aromatic rings. The molecule has 0 spiro atoms. The van der Waals surface area contributed by atoms with Crippen LogP contribution in [0, 0.1) is 5.92 Å². The third-order valence-electron chi connectivity index (χ3n) is 5.08. The van der Waals surface area contributed by atoms with E-state index >= 15 is 0 Å². The molecule has 0 aliphatic carbocycles. The van der Waals surface area contributed by atoms with Gasteiger partial charge in [0, 0.05) is 13.6 Å². The number of para-hydroxylation sites is 1. The Morgan fingerprint density at radius 3 is 2.58 bits per heavy atom. The number of hydrogen-bond donors (Lipinski definition) is 1. The molecule has 0 unspecified atom stereocenters. The Balaban J connectivity index is 1.65. The van der Waals surface area contributed by atoms with Gasteiger partial charge in [-0.05, 0) is 18.1 Å². The van der Waals surface area contributed by atoms with E-state index in [-0.39, 0.29) is 23.1 Å². The predicted molar refractivity (Wildman–Crippen MR) is 127 cm³/mol. The molecule has 0 saturated heterocycles. The number of anilines is 1. The number of rotatable bonds is 7. The summed E-state index contributed by atoms with van der Waals surface area (Å²) >= 11 is 1.16. The molecule has 0 bridgehead atoms. The summed E-state index contributed by atoms with van der Waals surface area (Å²) < 4.78 is 3.89. The number of ketones is 1. The molecule has 0 amide bonds. The van der Waals surface area contributed by atoms with Gasteiger partial charge in [-0.15, -0.1) is 0 Å². The Morgan fingerprint density at radius 2 is 1.88 bits per heavy atom. The van der Waals surface area contributed by atoms with Crippen LogP contribution >= 0.6 is 11.8 Å². The molecule has 0 aliphatic rings. The third kappa shape index (κ3) is 4.19. The van der Waals surface area contributed by atoms with Gasteiger partial charge in [-0.25, -0.2) is 19.4 Å². The van der Waals surface area contributed by atoms with Gasteiger partial charge in [0.25, 0.3) is 5.56 Å². The summed E-state index contributed by atoms with van der Waals surface area (Å²) in [6, 6.07) is 9.55. The van der Waals surface area contributed by atoms with Gasteiger partial charge < -0.3 is 5.73 Å². The van der Waals surface area contributed by atoms with Crippen LogP contribution in [0.25, 0.3) is 16.7 Å². The van der Waals surface area contributed by atoms with Gasteiger partial charge in [0.2, 0.25) is 0 Å². The van der Waals surface area contributed by atoms with Crippen LogP contribution in [-0.2, 0) is 13.6 Å². The van der Waals surface area contributed by atoms with E-state index in [0.717, 1.165) is 22.0 Å². The lowest BCUT2D eigenvalue weighted by molar-refractivity contribution is 0.102. The fourth-order valence-corrected chi connectivity index (χ4v) is 4.32. The van der Waals surface area contributed by atoms with Crippen molar-refractivity contribution >= 4 is 34.4 Å². The zero-order valence-corrected chi connectivity index (χ0v) is 19.2. The normalized spacial score (nSPS) is 11.4. The van der Waals surface area contributed by atoms with E-state index in [9.17, 15) is 14.4 Å². The van der Waals surface area contributed by atoms with Gasteiger partial charge >= 0.3 is 5.69 Å². The van der Waals surface area contributed by atoms with E-state index in [4.69, 9.17) is 5.73 Å². The van der Waals surface area contributed by atoms with Crippen molar-refractivity contribution in [2.24, 2.45) is 13.0 Å². The molecule has 0 atom stereocenters. The fraction of sp³-hybridized carbons (Fsp3) is 0.273. The first-order chi connectivity index (χ1) is 15.8. The number of benzene rings is 1. The SMILES string of the molecule is CC(C)Cn1c(N)c(C(=O)CSc2ncnc3c2cnn3-c2ccccc2)c(=O)n(C)c1=O. The van der Waals surface area contributed by atoms with Crippen molar-refractivity contribution in [2.45, 2.75) is 25.4 Å². The quantitative estimate of drug-likeness (QED) is 0.249. The van der Waals surface area contributed by atoms with Crippen molar-refractivity contribution in [1.82, 2.24) is 28.9 Å². The second kappa shape index (κ2) is 9.02. The number of nitrogens with zero attached hydrogens (tertiary/aromatic N) is 6. The number of fused-ring (bicyclic) bond motifs is 1. The number of carbonyl (C=O) groups is 1. The lowest BCUT2D eigenvalue weighted by Gasteiger charge is -2.16. The lowest BCUT2D eigenvalue weighted by atomic mass is 10.2. The molecule has 0 radical (unpaired) electrons. The Labute approximate surface area is 193 Å². The summed E-state index contributed by atoms with van der Waals surface area (Å²) in [5.41, 5.74) is 6.14. The first kappa shape index (κ1) is 22.5. The zero-order valence-electron chi connectivity index (χ0n) is 18.4. The number of thioether (sulfide) groups is 1. The molecule has 1 aromatic carbocycles. The average molecular weight is 466 g/mol. The van der Waals surface area contributed by atoms with Crippen molar-refractivity contribution in [3.63, 3.8) is 0 Å². The molecule has 0 aliphatic heterocycles. The monoisotopic (exact) mass is 465 g/mol. The maximum absolute atomic E-state index is 13.0. The summed E-state index contributed by atoms with van der Waals surface area (Å²) in [5.74, 6) is -0.553. The maximum Gasteiger partial charge on any atom is 0.332 e. The van der Waals surface area contributed by atoms with Gasteiger partial charge in [-0.1, -0.05) is 43.8 Å². The summed E-state index contributed by atoms with van der Waals surface area (Å²) in [6.45, 7) is 4.14. The Bertz CT molecular complexity index is 1450. The number of nitrogen functional groups attached to an aromatic ring is 1. The Hall–Kier alpha value is -3.73. The van der Waals surface area contributed by atoms with E-state index in [1.807, 2.05) is 44.2 Å². The van der Waals surface area contributed by atoms with Gasteiger partial charge in [0.05, 0.1) is 23.0 Å². The smallest absolute Gasteiger partial charge is 0.332 e. The molecule has 10 nitrogen and oxygen atoms in total. The number of nitrogens with two attached hydrogens (primary N) is 1. The first-order valence-corrected chi connectivity index (χ1v) is 11.3. The second-order valence-electron chi connectivity index (χ2n) is 7.93. The Morgan fingerprint density at radius 1 is 1.15 bits per heavy atom. The topological polar surface area (TPSA) is 131 Å². The lowest BCUT2D eigenvalue weighted by Crippen LogP contribution is -2.43.